The summed E-state index contributed by atoms with van der Waals surface area (Å²) in [4.78, 5) is 36.6. The summed E-state index contributed by atoms with van der Waals surface area (Å²) in [5.41, 5.74) is 7.76. The van der Waals surface area contributed by atoms with Gasteiger partial charge in [-0.2, -0.15) is 0 Å². The van der Waals surface area contributed by atoms with Gasteiger partial charge in [0.15, 0.2) is 5.78 Å². The first-order valence-corrected chi connectivity index (χ1v) is 9.36. The molecule has 0 unspecified atom stereocenters. The topological polar surface area (TPSA) is 89.3 Å². The third-order valence-electron chi connectivity index (χ3n) is 4.45. The normalized spacial score (nSPS) is 11.5. The molecule has 0 aromatic heterocycles. The second-order valence-electron chi connectivity index (χ2n) is 6.53. The van der Waals surface area contributed by atoms with Crippen LogP contribution in [0.5, 0.6) is 0 Å². The van der Waals surface area contributed by atoms with Crippen molar-refractivity contribution >= 4 is 29.2 Å². The molecule has 29 heavy (non-hydrogen) atoms. The molecule has 0 bridgehead atoms. The minimum Gasteiger partial charge on any atom is -0.368 e. The highest BCUT2D eigenvalue weighted by atomic mass is 35.5. The zero-order valence-corrected chi connectivity index (χ0v) is 16.2. The number of hydrogen-bond acceptors (Lipinski definition) is 3. The molecule has 0 spiro atoms. The Kier molecular flexibility index (Phi) is 6.42. The predicted molar refractivity (Wildman–Crippen MR) is 112 cm³/mol. The fourth-order valence-corrected chi connectivity index (χ4v) is 2.98. The highest BCUT2D eigenvalue weighted by molar-refractivity contribution is 6.30. The third kappa shape index (κ3) is 5.30. The molecule has 146 valence electrons. The van der Waals surface area contributed by atoms with E-state index in [1.54, 1.807) is 60.7 Å². The quantitative estimate of drug-likeness (QED) is 0.589. The van der Waals surface area contributed by atoms with Gasteiger partial charge in [0.05, 0.1) is 0 Å². The van der Waals surface area contributed by atoms with E-state index >= 15 is 0 Å². The number of benzene rings is 3. The Bertz CT molecular complexity index is 1020. The highest BCUT2D eigenvalue weighted by Gasteiger charge is 2.20. The number of ketones is 1. The minimum absolute atomic E-state index is 0.0837. The van der Waals surface area contributed by atoms with Gasteiger partial charge >= 0.3 is 0 Å². The first kappa shape index (κ1) is 20.3. The van der Waals surface area contributed by atoms with Crippen LogP contribution in [0.4, 0.5) is 0 Å². The Morgan fingerprint density at radius 2 is 1.34 bits per heavy atom. The Morgan fingerprint density at radius 1 is 0.793 bits per heavy atom. The van der Waals surface area contributed by atoms with E-state index in [0.29, 0.717) is 21.7 Å². The largest absolute Gasteiger partial charge is 0.368 e. The van der Waals surface area contributed by atoms with Crippen molar-refractivity contribution in [1.29, 1.82) is 0 Å². The van der Waals surface area contributed by atoms with Crippen LogP contribution in [0.15, 0.2) is 78.9 Å². The average molecular weight is 407 g/mol. The van der Waals surface area contributed by atoms with E-state index in [1.807, 2.05) is 18.2 Å². The number of hydrogen-bond donors (Lipinski definition) is 2. The summed E-state index contributed by atoms with van der Waals surface area (Å²) in [6.07, 6.45) is 0.217. The smallest absolute Gasteiger partial charge is 0.251 e. The van der Waals surface area contributed by atoms with E-state index in [1.165, 1.54) is 0 Å². The van der Waals surface area contributed by atoms with Crippen molar-refractivity contribution in [3.63, 3.8) is 0 Å². The van der Waals surface area contributed by atoms with Crippen molar-refractivity contribution in [1.82, 2.24) is 5.32 Å². The lowest BCUT2D eigenvalue weighted by Crippen LogP contribution is -2.45. The zero-order chi connectivity index (χ0) is 20.8. The van der Waals surface area contributed by atoms with Gasteiger partial charge in [-0.25, -0.2) is 0 Å². The SMILES string of the molecule is NC(=O)[C@H](Cc1ccc(C(=O)c2ccccc2)cc1)NC(=O)c1ccc(Cl)cc1. The van der Waals surface area contributed by atoms with E-state index < -0.39 is 17.9 Å². The monoisotopic (exact) mass is 406 g/mol. The van der Waals surface area contributed by atoms with Crippen molar-refractivity contribution in [2.45, 2.75) is 12.5 Å². The fraction of sp³-hybridized carbons (Fsp3) is 0.0870. The minimum atomic E-state index is -0.881. The van der Waals surface area contributed by atoms with E-state index in [0.717, 1.165) is 5.56 Å². The van der Waals surface area contributed by atoms with Crippen LogP contribution < -0.4 is 11.1 Å². The van der Waals surface area contributed by atoms with Gasteiger partial charge in [0.25, 0.3) is 5.91 Å². The van der Waals surface area contributed by atoms with Gasteiger partial charge in [0.2, 0.25) is 5.91 Å². The number of nitrogens with one attached hydrogen (secondary N) is 1. The van der Waals surface area contributed by atoms with Gasteiger partial charge in [0, 0.05) is 28.1 Å². The molecule has 3 aromatic rings. The molecule has 0 heterocycles. The summed E-state index contributed by atoms with van der Waals surface area (Å²) in [6, 6.07) is 21.3. The molecule has 3 rings (SSSR count). The van der Waals surface area contributed by atoms with E-state index in [4.69, 9.17) is 17.3 Å². The van der Waals surface area contributed by atoms with Crippen LogP contribution in [-0.4, -0.2) is 23.6 Å². The number of amides is 2. The van der Waals surface area contributed by atoms with Gasteiger partial charge in [-0.15, -0.1) is 0 Å². The number of nitrogens with two attached hydrogens (primary N) is 1. The molecule has 0 radical (unpaired) electrons. The standard InChI is InChI=1S/C23H19ClN2O3/c24-19-12-10-18(11-13-19)23(29)26-20(22(25)28)14-15-6-8-17(9-7-15)21(27)16-4-2-1-3-5-16/h1-13,20H,14H2,(H2,25,28)(H,26,29)/t20-/m0/s1. The van der Waals surface area contributed by atoms with Gasteiger partial charge in [-0.1, -0.05) is 66.2 Å². The van der Waals surface area contributed by atoms with Crippen LogP contribution >= 0.6 is 11.6 Å². The second kappa shape index (κ2) is 9.17. The fourth-order valence-electron chi connectivity index (χ4n) is 2.85. The predicted octanol–water partition coefficient (Wildman–Crippen LogP) is 3.40. The van der Waals surface area contributed by atoms with Crippen molar-refractivity contribution in [3.05, 3.63) is 106 Å². The Hall–Kier alpha value is -3.44. The molecule has 0 aliphatic rings. The van der Waals surface area contributed by atoms with Crippen LogP contribution in [0.1, 0.15) is 31.8 Å². The highest BCUT2D eigenvalue weighted by Crippen LogP contribution is 2.13. The van der Waals surface area contributed by atoms with E-state index in [-0.39, 0.29) is 12.2 Å². The summed E-state index contributed by atoms with van der Waals surface area (Å²) in [5, 5.41) is 3.15. The molecule has 0 saturated carbocycles. The number of carbonyl (C=O) groups excluding carboxylic acids is 3. The number of primary amides is 1. The maximum absolute atomic E-state index is 12.5. The molecule has 0 saturated heterocycles. The lowest BCUT2D eigenvalue weighted by Gasteiger charge is -2.16. The Balaban J connectivity index is 1.69. The van der Waals surface area contributed by atoms with Crippen LogP contribution in [0, 0.1) is 0 Å². The van der Waals surface area contributed by atoms with E-state index in [2.05, 4.69) is 5.32 Å². The summed E-state index contributed by atoms with van der Waals surface area (Å²) in [7, 11) is 0. The lowest BCUT2D eigenvalue weighted by atomic mass is 9.99. The first-order valence-electron chi connectivity index (χ1n) is 8.98. The molecule has 6 heteroatoms. The van der Waals surface area contributed by atoms with Crippen molar-refractivity contribution in [2.75, 3.05) is 0 Å². The molecule has 1 atom stereocenters. The summed E-state index contributed by atoms with van der Waals surface area (Å²) in [6.45, 7) is 0. The van der Waals surface area contributed by atoms with Crippen LogP contribution in [0.25, 0.3) is 0 Å². The molecular formula is C23H19ClN2O3. The van der Waals surface area contributed by atoms with Crippen LogP contribution in [0.3, 0.4) is 0 Å². The van der Waals surface area contributed by atoms with Crippen molar-refractivity contribution < 1.29 is 14.4 Å². The Morgan fingerprint density at radius 3 is 1.93 bits per heavy atom. The number of halogens is 1. The molecule has 3 aromatic carbocycles. The second-order valence-corrected chi connectivity index (χ2v) is 6.97. The lowest BCUT2D eigenvalue weighted by molar-refractivity contribution is -0.119. The zero-order valence-electron chi connectivity index (χ0n) is 15.5. The molecule has 0 aliphatic carbocycles. The molecule has 0 fully saturated rings. The molecule has 5 nitrogen and oxygen atoms in total. The van der Waals surface area contributed by atoms with Gasteiger partial charge < -0.3 is 11.1 Å². The summed E-state index contributed by atoms with van der Waals surface area (Å²) < 4.78 is 0. The first-order chi connectivity index (χ1) is 13.9. The summed E-state index contributed by atoms with van der Waals surface area (Å²) in [5.74, 6) is -1.14. The molecular weight excluding hydrogens is 388 g/mol. The van der Waals surface area contributed by atoms with Gasteiger partial charge in [-0.3, -0.25) is 14.4 Å². The average Bonchev–Trinajstić information content (AvgIpc) is 2.74. The van der Waals surface area contributed by atoms with Crippen molar-refractivity contribution in [3.8, 4) is 0 Å². The van der Waals surface area contributed by atoms with Gasteiger partial charge in [-0.05, 0) is 29.8 Å². The number of rotatable bonds is 7. The molecule has 2 amide bonds. The van der Waals surface area contributed by atoms with Crippen LogP contribution in [-0.2, 0) is 11.2 Å². The maximum Gasteiger partial charge on any atom is 0.251 e. The molecule has 0 aliphatic heterocycles. The van der Waals surface area contributed by atoms with Crippen molar-refractivity contribution in [2.24, 2.45) is 5.73 Å². The van der Waals surface area contributed by atoms with E-state index in [9.17, 15) is 14.4 Å². The summed E-state index contributed by atoms with van der Waals surface area (Å²) >= 11 is 5.82. The van der Waals surface area contributed by atoms with Gasteiger partial charge in [0.1, 0.15) is 6.04 Å². The third-order valence-corrected chi connectivity index (χ3v) is 4.70. The van der Waals surface area contributed by atoms with Crippen LogP contribution in [0.2, 0.25) is 5.02 Å². The number of carbonyl (C=O) groups is 3. The Labute approximate surface area is 173 Å². The molecule has 3 N–H and O–H groups in total. The maximum atomic E-state index is 12.5.